The SMILES string of the molecule is O=C(Cc1cncc(Br)c1)C1CCC2CCCCC2N1. The normalized spacial score (nSPS) is 29.8. The Hall–Kier alpha value is -0.740. The summed E-state index contributed by atoms with van der Waals surface area (Å²) in [5.74, 6) is 1.12. The zero-order chi connectivity index (χ0) is 13.9. The molecule has 2 fully saturated rings. The molecule has 1 aliphatic carbocycles. The number of aromatic nitrogens is 1. The molecule has 1 aromatic rings. The maximum Gasteiger partial charge on any atom is 0.154 e. The summed E-state index contributed by atoms with van der Waals surface area (Å²) in [6.45, 7) is 0. The van der Waals surface area contributed by atoms with Gasteiger partial charge in [-0.1, -0.05) is 12.8 Å². The molecular formula is C16H21BrN2O. The number of hydrogen-bond acceptors (Lipinski definition) is 3. The number of carbonyl (C=O) groups excluding carboxylic acids is 1. The second-order valence-corrected chi connectivity index (χ2v) is 7.02. The summed E-state index contributed by atoms with van der Waals surface area (Å²) >= 11 is 3.40. The fraction of sp³-hybridized carbons (Fsp3) is 0.625. The first-order valence-electron chi connectivity index (χ1n) is 7.60. The van der Waals surface area contributed by atoms with Crippen LogP contribution in [0.2, 0.25) is 0 Å². The van der Waals surface area contributed by atoms with E-state index in [0.29, 0.717) is 18.2 Å². The molecule has 3 nitrogen and oxygen atoms in total. The molecule has 3 atom stereocenters. The summed E-state index contributed by atoms with van der Waals surface area (Å²) in [6.07, 6.45) is 11.5. The number of Topliss-reactive ketones (excluding diaryl/α,β-unsaturated/α-hetero) is 1. The van der Waals surface area contributed by atoms with Crippen molar-refractivity contribution in [3.8, 4) is 0 Å². The van der Waals surface area contributed by atoms with Gasteiger partial charge >= 0.3 is 0 Å². The van der Waals surface area contributed by atoms with Crippen LogP contribution in [0, 0.1) is 5.92 Å². The zero-order valence-electron chi connectivity index (χ0n) is 11.6. The summed E-state index contributed by atoms with van der Waals surface area (Å²) in [5.41, 5.74) is 0.997. The monoisotopic (exact) mass is 336 g/mol. The largest absolute Gasteiger partial charge is 0.304 e. The molecule has 0 bridgehead atoms. The fourth-order valence-electron chi connectivity index (χ4n) is 3.63. The van der Waals surface area contributed by atoms with Gasteiger partial charge in [-0.3, -0.25) is 9.78 Å². The van der Waals surface area contributed by atoms with E-state index in [9.17, 15) is 4.79 Å². The first-order chi connectivity index (χ1) is 9.72. The molecule has 20 heavy (non-hydrogen) atoms. The Morgan fingerprint density at radius 2 is 2.10 bits per heavy atom. The van der Waals surface area contributed by atoms with Crippen molar-refractivity contribution in [2.24, 2.45) is 5.92 Å². The highest BCUT2D eigenvalue weighted by Crippen LogP contribution is 2.32. The van der Waals surface area contributed by atoms with Crippen LogP contribution in [-0.2, 0) is 11.2 Å². The molecule has 1 aliphatic heterocycles. The number of carbonyl (C=O) groups is 1. The molecule has 1 saturated carbocycles. The van der Waals surface area contributed by atoms with E-state index in [4.69, 9.17) is 0 Å². The van der Waals surface area contributed by atoms with E-state index in [2.05, 4.69) is 26.2 Å². The molecule has 0 spiro atoms. The Kier molecular flexibility index (Phi) is 4.51. The molecule has 3 unspecified atom stereocenters. The highest BCUT2D eigenvalue weighted by Gasteiger charge is 2.34. The van der Waals surface area contributed by atoms with E-state index in [0.717, 1.165) is 22.4 Å². The number of pyridine rings is 1. The van der Waals surface area contributed by atoms with Crippen LogP contribution >= 0.6 is 15.9 Å². The smallest absolute Gasteiger partial charge is 0.154 e. The van der Waals surface area contributed by atoms with E-state index in [1.165, 1.54) is 32.1 Å². The molecule has 1 saturated heterocycles. The average Bonchev–Trinajstić information content (AvgIpc) is 2.47. The highest BCUT2D eigenvalue weighted by molar-refractivity contribution is 9.10. The van der Waals surface area contributed by atoms with Crippen molar-refractivity contribution in [2.45, 2.75) is 57.0 Å². The highest BCUT2D eigenvalue weighted by atomic mass is 79.9. The minimum absolute atomic E-state index is 0.0494. The Balaban J connectivity index is 1.60. The van der Waals surface area contributed by atoms with Crippen LogP contribution in [-0.4, -0.2) is 22.9 Å². The van der Waals surface area contributed by atoms with Gasteiger partial charge in [0.25, 0.3) is 0 Å². The molecule has 3 rings (SSSR count). The van der Waals surface area contributed by atoms with Crippen LogP contribution in [0.5, 0.6) is 0 Å². The second-order valence-electron chi connectivity index (χ2n) is 6.10. The third kappa shape index (κ3) is 3.29. The number of fused-ring (bicyclic) bond motifs is 1. The van der Waals surface area contributed by atoms with Gasteiger partial charge in [0.05, 0.1) is 6.04 Å². The molecule has 0 aromatic carbocycles. The van der Waals surface area contributed by atoms with Crippen molar-refractivity contribution in [3.05, 3.63) is 28.5 Å². The van der Waals surface area contributed by atoms with E-state index in [1.54, 1.807) is 12.4 Å². The van der Waals surface area contributed by atoms with Gasteiger partial charge in [0.2, 0.25) is 0 Å². The Bertz CT molecular complexity index is 491. The summed E-state index contributed by atoms with van der Waals surface area (Å²) in [4.78, 5) is 16.6. The van der Waals surface area contributed by atoms with Gasteiger partial charge in [-0.2, -0.15) is 0 Å². The lowest BCUT2D eigenvalue weighted by Gasteiger charge is -2.40. The topological polar surface area (TPSA) is 42.0 Å². The molecule has 0 amide bonds. The van der Waals surface area contributed by atoms with E-state index in [-0.39, 0.29) is 6.04 Å². The van der Waals surface area contributed by atoms with Crippen LogP contribution in [0.25, 0.3) is 0 Å². The van der Waals surface area contributed by atoms with Crippen molar-refractivity contribution in [1.82, 2.24) is 10.3 Å². The summed E-state index contributed by atoms with van der Waals surface area (Å²) in [5, 5.41) is 3.61. The predicted octanol–water partition coefficient (Wildman–Crippen LogP) is 3.27. The predicted molar refractivity (Wildman–Crippen MR) is 82.6 cm³/mol. The second kappa shape index (κ2) is 6.35. The molecular weight excluding hydrogens is 316 g/mol. The number of piperidine rings is 1. The van der Waals surface area contributed by atoms with Crippen LogP contribution in [0.1, 0.15) is 44.1 Å². The first kappa shape index (κ1) is 14.2. The van der Waals surface area contributed by atoms with E-state index >= 15 is 0 Å². The van der Waals surface area contributed by atoms with E-state index in [1.807, 2.05) is 6.07 Å². The van der Waals surface area contributed by atoms with Crippen molar-refractivity contribution < 1.29 is 4.79 Å². The molecule has 1 N–H and O–H groups in total. The van der Waals surface area contributed by atoms with Gasteiger partial charge < -0.3 is 5.32 Å². The quantitative estimate of drug-likeness (QED) is 0.921. The number of nitrogens with zero attached hydrogens (tertiary/aromatic N) is 1. The fourth-order valence-corrected chi connectivity index (χ4v) is 4.04. The van der Waals surface area contributed by atoms with Gasteiger partial charge in [-0.15, -0.1) is 0 Å². The minimum atomic E-state index is 0.0494. The third-order valence-corrected chi connectivity index (χ3v) is 5.11. The number of ketones is 1. The minimum Gasteiger partial charge on any atom is -0.304 e. The molecule has 2 aliphatic rings. The maximum absolute atomic E-state index is 12.4. The Labute approximate surface area is 128 Å². The van der Waals surface area contributed by atoms with Crippen LogP contribution in [0.15, 0.2) is 22.9 Å². The van der Waals surface area contributed by atoms with Gasteiger partial charge in [0.15, 0.2) is 5.78 Å². The maximum atomic E-state index is 12.4. The summed E-state index contributed by atoms with van der Waals surface area (Å²) in [6, 6.07) is 2.61. The van der Waals surface area contributed by atoms with Crippen LogP contribution in [0.4, 0.5) is 0 Å². The number of nitrogens with one attached hydrogen (secondary N) is 1. The molecule has 4 heteroatoms. The van der Waals surface area contributed by atoms with Crippen LogP contribution in [0.3, 0.4) is 0 Å². The lowest BCUT2D eigenvalue weighted by molar-refractivity contribution is -0.121. The van der Waals surface area contributed by atoms with Crippen LogP contribution < -0.4 is 5.32 Å². The van der Waals surface area contributed by atoms with Crippen molar-refractivity contribution in [1.29, 1.82) is 0 Å². The number of rotatable bonds is 3. The lowest BCUT2D eigenvalue weighted by atomic mass is 9.77. The van der Waals surface area contributed by atoms with E-state index < -0.39 is 0 Å². The molecule has 108 valence electrons. The zero-order valence-corrected chi connectivity index (χ0v) is 13.2. The molecule has 2 heterocycles. The summed E-state index contributed by atoms with van der Waals surface area (Å²) < 4.78 is 0.937. The van der Waals surface area contributed by atoms with Gasteiger partial charge in [-0.05, 0) is 59.2 Å². The molecule has 1 aromatic heterocycles. The molecule has 0 radical (unpaired) electrons. The van der Waals surface area contributed by atoms with Crippen molar-refractivity contribution in [3.63, 3.8) is 0 Å². The summed E-state index contributed by atoms with van der Waals surface area (Å²) in [7, 11) is 0. The van der Waals surface area contributed by atoms with Gasteiger partial charge in [0, 0.05) is 29.3 Å². The average molecular weight is 337 g/mol. The van der Waals surface area contributed by atoms with Crippen molar-refractivity contribution in [2.75, 3.05) is 0 Å². The van der Waals surface area contributed by atoms with Gasteiger partial charge in [-0.25, -0.2) is 0 Å². The van der Waals surface area contributed by atoms with Gasteiger partial charge in [0.1, 0.15) is 0 Å². The first-order valence-corrected chi connectivity index (χ1v) is 8.40. The Morgan fingerprint density at radius 1 is 1.25 bits per heavy atom. The van der Waals surface area contributed by atoms with Crippen molar-refractivity contribution >= 4 is 21.7 Å². The number of halogens is 1. The Morgan fingerprint density at radius 3 is 2.95 bits per heavy atom. The third-order valence-electron chi connectivity index (χ3n) is 4.68. The number of hydrogen-bond donors (Lipinski definition) is 1. The standard InChI is InChI=1S/C16H21BrN2O/c17-13-7-11(9-18-10-13)8-16(20)15-6-5-12-3-1-2-4-14(12)19-15/h7,9-10,12,14-15,19H,1-6,8H2. The lowest BCUT2D eigenvalue weighted by Crippen LogP contribution is -2.52.